The maximum atomic E-state index is 13.8. The van der Waals surface area contributed by atoms with Gasteiger partial charge < -0.3 is 44.6 Å². The van der Waals surface area contributed by atoms with Gasteiger partial charge >= 0.3 is 12.2 Å². The van der Waals surface area contributed by atoms with E-state index < -0.39 is 24.3 Å². The molecule has 0 aliphatic carbocycles. The summed E-state index contributed by atoms with van der Waals surface area (Å²) in [6, 6.07) is 17.4. The number of ether oxygens (including phenoxy) is 3. The Kier molecular flexibility index (Phi) is 11.5. The third-order valence-electron chi connectivity index (χ3n) is 13.4. The van der Waals surface area contributed by atoms with Crippen molar-refractivity contribution in [2.75, 3.05) is 27.3 Å². The number of methoxy groups -OCH3 is 2. The number of nitrogens with zero attached hydrogens (tertiary/aromatic N) is 4. The van der Waals surface area contributed by atoms with E-state index in [9.17, 15) is 19.2 Å². The number of alkyl carbamates (subject to hydrolysis) is 2. The highest BCUT2D eigenvalue weighted by Crippen LogP contribution is 2.56. The van der Waals surface area contributed by atoms with E-state index in [1.165, 1.54) is 25.3 Å². The van der Waals surface area contributed by atoms with Crippen LogP contribution in [-0.2, 0) is 23.8 Å². The van der Waals surface area contributed by atoms with Crippen molar-refractivity contribution < 1.29 is 33.4 Å². The van der Waals surface area contributed by atoms with Crippen LogP contribution < -0.4 is 10.6 Å². The molecule has 4 unspecified atom stereocenters. The average Bonchev–Trinajstić information content (AvgIpc) is 4.16. The first-order valence-corrected chi connectivity index (χ1v) is 22.2. The van der Waals surface area contributed by atoms with Gasteiger partial charge in [-0.3, -0.25) is 9.59 Å². The van der Waals surface area contributed by atoms with E-state index in [2.05, 4.69) is 69.1 Å². The zero-order valence-corrected chi connectivity index (χ0v) is 36.7. The number of benzene rings is 3. The van der Waals surface area contributed by atoms with E-state index >= 15 is 0 Å². The molecule has 4 aliphatic heterocycles. The number of aromatic nitrogens is 4. The molecule has 3 fully saturated rings. The van der Waals surface area contributed by atoms with Crippen molar-refractivity contribution in [2.45, 2.75) is 103 Å². The predicted molar refractivity (Wildman–Crippen MR) is 236 cm³/mol. The van der Waals surface area contributed by atoms with Gasteiger partial charge in [0, 0.05) is 18.7 Å². The molecule has 9 rings (SSSR count). The third kappa shape index (κ3) is 7.80. The highest BCUT2D eigenvalue weighted by atomic mass is 16.5. The molecule has 3 aromatic carbocycles. The Bertz CT molecular complexity index is 2550. The number of carbonyl (C=O) groups is 4. The van der Waals surface area contributed by atoms with Crippen LogP contribution in [0.5, 0.6) is 0 Å². The second-order valence-corrected chi connectivity index (χ2v) is 17.9. The smallest absolute Gasteiger partial charge is 0.407 e. The number of imidazole rings is 2. The molecule has 4 amide bonds. The second-order valence-electron chi connectivity index (χ2n) is 17.9. The summed E-state index contributed by atoms with van der Waals surface area (Å²) in [4.78, 5) is 72.1. The fraction of sp³-hybridized carbons (Fsp3) is 0.458. The first kappa shape index (κ1) is 42.1. The molecule has 15 nitrogen and oxygen atoms in total. The van der Waals surface area contributed by atoms with Gasteiger partial charge in [-0.2, -0.15) is 0 Å². The zero-order valence-electron chi connectivity index (χ0n) is 36.7. The molecule has 2 aromatic heterocycles. The summed E-state index contributed by atoms with van der Waals surface area (Å²) in [7, 11) is 2.60. The monoisotopic (exact) mass is 856 g/mol. The van der Waals surface area contributed by atoms with Crippen LogP contribution in [0.15, 0.2) is 60.8 Å². The standard InChI is InChI=1S/C48H56N8O7/c1-25(2)41(53-47(59)61-5)45(57)55-21-7-9-35(55)43-49-24-34(52-43)31-17-16-30(39-37-19-20-38(63-37)40(31)39)28-13-11-27(12-14-28)29-15-18-32-33(23-29)51-44(50-32)36-10-8-22-56(36)46(58)42(26(3)4)54-48(60)62-6/h11-18,23-26,35-38,41-42H,7-10,19-22H2,1-6H3,(H,49,52)(H,50,51)(H,53,59)(H,54,60)/t35?,36?,37?,38?,41-,42-/m0/s1. The van der Waals surface area contributed by atoms with Crippen LogP contribution in [0.4, 0.5) is 9.59 Å². The molecule has 63 heavy (non-hydrogen) atoms. The van der Waals surface area contributed by atoms with Gasteiger partial charge in [-0.25, -0.2) is 19.6 Å². The topological polar surface area (TPSA) is 184 Å². The van der Waals surface area contributed by atoms with Crippen LogP contribution in [0.25, 0.3) is 44.5 Å². The largest absolute Gasteiger partial charge is 0.453 e. The molecule has 15 heteroatoms. The Morgan fingerprint density at radius 2 is 1.22 bits per heavy atom. The minimum Gasteiger partial charge on any atom is -0.453 e. The summed E-state index contributed by atoms with van der Waals surface area (Å²) in [6.45, 7) is 8.83. The first-order valence-electron chi connectivity index (χ1n) is 22.2. The number of nitrogens with one attached hydrogen (secondary N) is 4. The minimum atomic E-state index is -0.699. The highest BCUT2D eigenvalue weighted by molar-refractivity contribution is 5.88. The summed E-state index contributed by atoms with van der Waals surface area (Å²) in [6.07, 6.45) is 5.82. The molecule has 6 heterocycles. The maximum absolute atomic E-state index is 13.8. The number of rotatable bonds is 11. The quantitative estimate of drug-likeness (QED) is 0.102. The van der Waals surface area contributed by atoms with Crippen molar-refractivity contribution in [3.63, 3.8) is 0 Å². The predicted octanol–water partition coefficient (Wildman–Crippen LogP) is 8.28. The molecule has 0 radical (unpaired) electrons. The molecule has 2 bridgehead atoms. The van der Waals surface area contributed by atoms with E-state index in [0.717, 1.165) is 94.7 Å². The number of likely N-dealkylation sites (tertiary alicyclic amines) is 2. The van der Waals surface area contributed by atoms with Crippen molar-refractivity contribution in [3.05, 3.63) is 83.6 Å². The number of carbonyl (C=O) groups excluding carboxylic acids is 4. The SMILES string of the molecule is COC(=O)N[C@H](C(=O)N1CCCC1c1ncc(-c2ccc(-c3ccc(-c4ccc5nc(C6CCCN6C(=O)[C@@H](NC(=O)OC)C(C)C)[nH]c5c4)cc3)c3c2C2CCC3O2)[nH]1)C(C)C. The van der Waals surface area contributed by atoms with Crippen molar-refractivity contribution in [1.82, 2.24) is 40.4 Å². The molecular weight excluding hydrogens is 801 g/mol. The molecule has 4 N–H and O–H groups in total. The molecule has 6 atom stereocenters. The lowest BCUT2D eigenvalue weighted by Gasteiger charge is -2.30. The normalized spacial score (nSPS) is 21.3. The third-order valence-corrected chi connectivity index (χ3v) is 13.4. The van der Waals surface area contributed by atoms with E-state index in [4.69, 9.17) is 24.2 Å². The van der Waals surface area contributed by atoms with Crippen molar-refractivity contribution in [3.8, 4) is 33.5 Å². The second kappa shape index (κ2) is 17.2. The van der Waals surface area contributed by atoms with E-state index in [-0.39, 0.29) is 47.9 Å². The lowest BCUT2D eigenvalue weighted by Crippen LogP contribution is -2.51. The number of fused-ring (bicyclic) bond motifs is 6. The fourth-order valence-electron chi connectivity index (χ4n) is 10.1. The van der Waals surface area contributed by atoms with Gasteiger partial charge in [-0.15, -0.1) is 0 Å². The lowest BCUT2D eigenvalue weighted by atomic mass is 9.82. The Hall–Kier alpha value is -6.22. The Balaban J connectivity index is 0.943. The van der Waals surface area contributed by atoms with E-state index in [1.54, 1.807) is 0 Å². The highest BCUT2D eigenvalue weighted by Gasteiger charge is 2.43. The summed E-state index contributed by atoms with van der Waals surface area (Å²) < 4.78 is 16.2. The van der Waals surface area contributed by atoms with E-state index in [1.807, 2.05) is 49.8 Å². The van der Waals surface area contributed by atoms with Gasteiger partial charge in [0.05, 0.1) is 61.4 Å². The van der Waals surface area contributed by atoms with Gasteiger partial charge in [0.2, 0.25) is 11.8 Å². The summed E-state index contributed by atoms with van der Waals surface area (Å²) >= 11 is 0. The molecule has 4 aliphatic rings. The Labute approximate surface area is 366 Å². The van der Waals surface area contributed by atoms with E-state index in [0.29, 0.717) is 13.1 Å². The van der Waals surface area contributed by atoms with Gasteiger partial charge in [0.15, 0.2) is 0 Å². The van der Waals surface area contributed by atoms with Gasteiger partial charge in [-0.05, 0) is 95.9 Å². The number of amides is 4. The molecule has 3 saturated heterocycles. The lowest BCUT2D eigenvalue weighted by molar-refractivity contribution is -0.136. The number of aromatic amines is 2. The number of hydrogen-bond acceptors (Lipinski definition) is 9. The van der Waals surface area contributed by atoms with Crippen LogP contribution >= 0.6 is 0 Å². The van der Waals surface area contributed by atoms with Crippen LogP contribution in [0.1, 0.15) is 113 Å². The van der Waals surface area contributed by atoms with Crippen molar-refractivity contribution in [1.29, 1.82) is 0 Å². The summed E-state index contributed by atoms with van der Waals surface area (Å²) in [5.41, 5.74) is 10.5. The Morgan fingerprint density at radius 1 is 0.683 bits per heavy atom. The molecule has 330 valence electrons. The van der Waals surface area contributed by atoms with Crippen LogP contribution in [0.2, 0.25) is 0 Å². The van der Waals surface area contributed by atoms with Crippen LogP contribution in [0, 0.1) is 11.8 Å². The molecule has 0 spiro atoms. The molecular formula is C48H56N8O7. The van der Waals surface area contributed by atoms with Crippen molar-refractivity contribution >= 4 is 35.0 Å². The summed E-state index contributed by atoms with van der Waals surface area (Å²) in [5, 5.41) is 5.45. The Morgan fingerprint density at radius 3 is 1.81 bits per heavy atom. The number of H-pyrrole nitrogens is 2. The average molecular weight is 857 g/mol. The van der Waals surface area contributed by atoms with Crippen molar-refractivity contribution in [2.24, 2.45) is 11.8 Å². The van der Waals surface area contributed by atoms with Gasteiger partial charge in [-0.1, -0.05) is 70.2 Å². The number of hydrogen-bond donors (Lipinski definition) is 4. The fourth-order valence-corrected chi connectivity index (χ4v) is 10.1. The van der Waals surface area contributed by atoms with Gasteiger partial charge in [0.25, 0.3) is 0 Å². The van der Waals surface area contributed by atoms with Crippen LogP contribution in [-0.4, -0.2) is 93.1 Å². The zero-order chi connectivity index (χ0) is 44.1. The van der Waals surface area contributed by atoms with Gasteiger partial charge in [0.1, 0.15) is 23.7 Å². The summed E-state index contributed by atoms with van der Waals surface area (Å²) in [5.74, 6) is 0.977. The van der Waals surface area contributed by atoms with Crippen LogP contribution in [0.3, 0.4) is 0 Å². The molecule has 5 aromatic rings. The first-order chi connectivity index (χ1) is 30.4. The molecule has 0 saturated carbocycles. The maximum Gasteiger partial charge on any atom is 0.407 e. The minimum absolute atomic E-state index is 0.000317.